The number of hydrogen-bond acceptors (Lipinski definition) is 9. The van der Waals surface area contributed by atoms with Crippen molar-refractivity contribution in [3.63, 3.8) is 0 Å². The van der Waals surface area contributed by atoms with E-state index in [1.807, 2.05) is 19.1 Å². The zero-order valence-corrected chi connectivity index (χ0v) is 19.8. The van der Waals surface area contributed by atoms with E-state index in [0.717, 1.165) is 18.6 Å². The topological polar surface area (TPSA) is 107 Å². The molecule has 34 heavy (non-hydrogen) atoms. The van der Waals surface area contributed by atoms with Crippen LogP contribution in [0.1, 0.15) is 38.2 Å². The number of aromatic nitrogens is 5. The first-order valence-electron chi connectivity index (χ1n) is 11.6. The van der Waals surface area contributed by atoms with E-state index in [1.54, 1.807) is 16.4 Å². The summed E-state index contributed by atoms with van der Waals surface area (Å²) in [6.07, 6.45) is 3.55. The lowest BCUT2D eigenvalue weighted by Crippen LogP contribution is -2.11. The van der Waals surface area contributed by atoms with Crippen LogP contribution in [0.4, 0.5) is 5.82 Å². The van der Waals surface area contributed by atoms with E-state index in [2.05, 4.69) is 46.8 Å². The summed E-state index contributed by atoms with van der Waals surface area (Å²) >= 11 is 1.62. The van der Waals surface area contributed by atoms with Gasteiger partial charge < -0.3 is 19.9 Å². The molecule has 0 spiro atoms. The monoisotopic (exact) mass is 478 g/mol. The molecule has 10 heteroatoms. The highest BCUT2D eigenvalue weighted by atomic mass is 32.2. The van der Waals surface area contributed by atoms with Crippen molar-refractivity contribution in [3.8, 4) is 0 Å². The number of ether oxygens (including phenoxy) is 2. The first-order chi connectivity index (χ1) is 16.7. The van der Waals surface area contributed by atoms with Gasteiger partial charge in [0.25, 0.3) is 0 Å². The molecule has 2 aliphatic carbocycles. The van der Waals surface area contributed by atoms with Crippen molar-refractivity contribution in [2.45, 2.75) is 50.1 Å². The SMILES string of the molecule is CCCSc1nc(NC2CC2c2ccccc2)c2nnn(C3=CC(CO)C4=C3OC(C)O4)c2n1. The van der Waals surface area contributed by atoms with Gasteiger partial charge in [-0.3, -0.25) is 0 Å². The largest absolute Gasteiger partial charge is 0.455 e. The number of nitrogens with one attached hydrogen (secondary N) is 1. The van der Waals surface area contributed by atoms with Crippen LogP contribution < -0.4 is 5.32 Å². The molecule has 6 rings (SSSR count). The summed E-state index contributed by atoms with van der Waals surface area (Å²) in [6.45, 7) is 3.88. The summed E-state index contributed by atoms with van der Waals surface area (Å²) in [6, 6.07) is 10.8. The van der Waals surface area contributed by atoms with Gasteiger partial charge in [0.2, 0.25) is 6.29 Å². The van der Waals surface area contributed by atoms with Crippen LogP contribution in [0.15, 0.2) is 53.1 Å². The molecular weight excluding hydrogens is 452 g/mol. The van der Waals surface area contributed by atoms with Gasteiger partial charge in [0.1, 0.15) is 5.70 Å². The molecule has 0 radical (unpaired) electrons. The maximum absolute atomic E-state index is 9.84. The standard InChI is InChI=1S/C24H26N6O3S/c1-3-9-34-24-26-22(25-17-11-16(17)14-7-5-4-6-8-14)19-23(27-24)30(29-28-19)18-10-15(12-31)20-21(18)33-13(2)32-20/h4-8,10,13,15-17,31H,3,9,11-12H2,1-2H3,(H,25,26,27). The van der Waals surface area contributed by atoms with E-state index in [4.69, 9.17) is 19.4 Å². The van der Waals surface area contributed by atoms with Crippen LogP contribution in [0, 0.1) is 5.92 Å². The van der Waals surface area contributed by atoms with Crippen molar-refractivity contribution >= 4 is 34.4 Å². The van der Waals surface area contributed by atoms with E-state index in [1.165, 1.54) is 5.56 Å². The highest BCUT2D eigenvalue weighted by Gasteiger charge is 2.40. The number of nitrogens with zero attached hydrogens (tertiary/aromatic N) is 5. The minimum absolute atomic E-state index is 0.0764. The van der Waals surface area contributed by atoms with E-state index < -0.39 is 6.29 Å². The smallest absolute Gasteiger partial charge is 0.238 e. The molecular formula is C24H26N6O3S. The normalized spacial score (nSPS) is 25.2. The fourth-order valence-electron chi connectivity index (χ4n) is 4.48. The van der Waals surface area contributed by atoms with Gasteiger partial charge >= 0.3 is 0 Å². The van der Waals surface area contributed by atoms with Crippen LogP contribution in [0.3, 0.4) is 0 Å². The Balaban J connectivity index is 1.37. The minimum Gasteiger partial charge on any atom is -0.455 e. The Kier molecular flexibility index (Phi) is 5.41. The predicted octanol–water partition coefficient (Wildman–Crippen LogP) is 3.76. The van der Waals surface area contributed by atoms with Crippen molar-refractivity contribution in [2.24, 2.45) is 5.92 Å². The Hall–Kier alpha value is -3.11. The van der Waals surface area contributed by atoms with E-state index in [9.17, 15) is 5.11 Å². The molecule has 3 aromatic rings. The lowest BCUT2D eigenvalue weighted by Gasteiger charge is -2.12. The Bertz CT molecular complexity index is 1290. The highest BCUT2D eigenvalue weighted by Crippen LogP contribution is 2.44. The first kappa shape index (κ1) is 21.4. The molecule has 0 bridgehead atoms. The number of allylic oxidation sites excluding steroid dienone is 1. The molecule has 176 valence electrons. The number of anilines is 1. The lowest BCUT2D eigenvalue weighted by molar-refractivity contribution is -0.0278. The van der Waals surface area contributed by atoms with E-state index in [-0.39, 0.29) is 12.5 Å². The highest BCUT2D eigenvalue weighted by molar-refractivity contribution is 7.99. The maximum atomic E-state index is 9.84. The van der Waals surface area contributed by atoms with Gasteiger partial charge in [-0.25, -0.2) is 9.97 Å². The summed E-state index contributed by atoms with van der Waals surface area (Å²) in [5.41, 5.74) is 3.23. The van der Waals surface area contributed by atoms with Gasteiger partial charge in [0, 0.05) is 24.6 Å². The van der Waals surface area contributed by atoms with Crippen molar-refractivity contribution in [3.05, 3.63) is 53.5 Å². The Labute approximate surface area is 201 Å². The fourth-order valence-corrected chi connectivity index (χ4v) is 5.17. The van der Waals surface area contributed by atoms with E-state index >= 15 is 0 Å². The van der Waals surface area contributed by atoms with Gasteiger partial charge in [-0.05, 0) is 24.5 Å². The molecule has 3 heterocycles. The number of aliphatic hydroxyl groups excluding tert-OH is 1. The van der Waals surface area contributed by atoms with Crippen molar-refractivity contribution in [1.29, 1.82) is 0 Å². The van der Waals surface area contributed by atoms with Crippen LogP contribution in [0.25, 0.3) is 16.9 Å². The number of rotatable bonds is 8. The molecule has 4 atom stereocenters. The summed E-state index contributed by atoms with van der Waals surface area (Å²) in [4.78, 5) is 9.59. The number of benzene rings is 1. The summed E-state index contributed by atoms with van der Waals surface area (Å²) in [5.74, 6) is 3.00. The summed E-state index contributed by atoms with van der Waals surface area (Å²) in [7, 11) is 0. The van der Waals surface area contributed by atoms with Crippen molar-refractivity contribution < 1.29 is 14.6 Å². The minimum atomic E-state index is -0.412. The fraction of sp³-hybridized carbons (Fsp3) is 0.417. The van der Waals surface area contributed by atoms with Crippen LogP contribution >= 0.6 is 11.8 Å². The van der Waals surface area contributed by atoms with Crippen LogP contribution in [-0.4, -0.2) is 54.8 Å². The molecule has 0 saturated heterocycles. The summed E-state index contributed by atoms with van der Waals surface area (Å²) < 4.78 is 13.3. The second kappa shape index (κ2) is 8.59. The third-order valence-electron chi connectivity index (χ3n) is 6.21. The number of aliphatic hydroxyl groups is 1. The third-order valence-corrected chi connectivity index (χ3v) is 7.26. The number of thioether (sulfide) groups is 1. The molecule has 4 unspecified atom stereocenters. The molecule has 2 N–H and O–H groups in total. The Morgan fingerprint density at radius 3 is 2.85 bits per heavy atom. The van der Waals surface area contributed by atoms with Crippen LogP contribution in [-0.2, 0) is 9.47 Å². The summed E-state index contributed by atoms with van der Waals surface area (Å²) in [5, 5.41) is 23.0. The lowest BCUT2D eigenvalue weighted by atomic mass is 10.1. The van der Waals surface area contributed by atoms with Crippen molar-refractivity contribution in [2.75, 3.05) is 17.7 Å². The average Bonchev–Trinajstić information content (AvgIpc) is 3.14. The van der Waals surface area contributed by atoms with Gasteiger partial charge in [0.15, 0.2) is 33.7 Å². The zero-order chi connectivity index (χ0) is 23.2. The van der Waals surface area contributed by atoms with Crippen molar-refractivity contribution in [1.82, 2.24) is 25.0 Å². The quantitative estimate of drug-likeness (QED) is 0.370. The van der Waals surface area contributed by atoms with Gasteiger partial charge in [0.05, 0.1) is 12.5 Å². The molecule has 0 amide bonds. The third kappa shape index (κ3) is 3.70. The second-order valence-electron chi connectivity index (χ2n) is 8.72. The first-order valence-corrected chi connectivity index (χ1v) is 12.6. The maximum Gasteiger partial charge on any atom is 0.238 e. The van der Waals surface area contributed by atoms with Gasteiger partial charge in [-0.2, -0.15) is 4.68 Å². The molecule has 1 saturated carbocycles. The average molecular weight is 479 g/mol. The molecule has 9 nitrogen and oxygen atoms in total. The molecule has 1 aromatic carbocycles. The molecule has 2 aromatic heterocycles. The van der Waals surface area contributed by atoms with E-state index in [0.29, 0.717) is 51.3 Å². The molecule has 1 aliphatic heterocycles. The van der Waals surface area contributed by atoms with Gasteiger partial charge in [-0.1, -0.05) is 54.2 Å². The molecule has 3 aliphatic rings. The second-order valence-corrected chi connectivity index (χ2v) is 9.78. The van der Waals surface area contributed by atoms with Gasteiger partial charge in [-0.15, -0.1) is 5.10 Å². The number of hydrogen-bond donors (Lipinski definition) is 2. The van der Waals surface area contributed by atoms with Crippen LogP contribution in [0.2, 0.25) is 0 Å². The van der Waals surface area contributed by atoms with Crippen LogP contribution in [0.5, 0.6) is 0 Å². The zero-order valence-electron chi connectivity index (χ0n) is 19.0. The predicted molar refractivity (Wildman–Crippen MR) is 129 cm³/mol. The Morgan fingerprint density at radius 2 is 2.06 bits per heavy atom. The Morgan fingerprint density at radius 1 is 1.21 bits per heavy atom. The molecule has 1 fully saturated rings. The number of fused-ring (bicyclic) bond motifs is 1.